The Hall–Kier alpha value is -1.91. The van der Waals surface area contributed by atoms with Crippen LogP contribution in [-0.2, 0) is 9.59 Å². The van der Waals surface area contributed by atoms with Crippen molar-refractivity contribution in [2.24, 2.45) is 0 Å². The summed E-state index contributed by atoms with van der Waals surface area (Å²) in [5, 5.41) is 0. The van der Waals surface area contributed by atoms with Crippen LogP contribution < -0.4 is 0 Å². The summed E-state index contributed by atoms with van der Waals surface area (Å²) in [7, 11) is 1.72. The van der Waals surface area contributed by atoms with Gasteiger partial charge in [0.15, 0.2) is 0 Å². The molecule has 2 amide bonds. The fourth-order valence-corrected chi connectivity index (χ4v) is 2.66. The zero-order chi connectivity index (χ0) is 16.1. The molecule has 1 aromatic carbocycles. The summed E-state index contributed by atoms with van der Waals surface area (Å²) in [5.41, 5.74) is 0.874. The number of likely N-dealkylation sites (tertiary alicyclic amines) is 1. The van der Waals surface area contributed by atoms with E-state index in [1.54, 1.807) is 29.0 Å². The minimum Gasteiger partial charge on any atom is -0.337 e. The number of likely N-dealkylation sites (N-methyl/N-ethyl adjacent to an activating group) is 1. The van der Waals surface area contributed by atoms with E-state index in [-0.39, 0.29) is 30.2 Å². The van der Waals surface area contributed by atoms with Crippen molar-refractivity contribution in [2.75, 3.05) is 20.1 Å². The van der Waals surface area contributed by atoms with Crippen LogP contribution in [0.2, 0.25) is 0 Å². The van der Waals surface area contributed by atoms with Gasteiger partial charge in [-0.15, -0.1) is 0 Å². The highest BCUT2D eigenvalue weighted by Crippen LogP contribution is 2.20. The smallest absolute Gasteiger partial charge is 0.242 e. The maximum Gasteiger partial charge on any atom is 0.242 e. The van der Waals surface area contributed by atoms with Gasteiger partial charge in [0.2, 0.25) is 11.8 Å². The highest BCUT2D eigenvalue weighted by molar-refractivity contribution is 5.85. The lowest BCUT2D eigenvalue weighted by Crippen LogP contribution is -2.42. The van der Waals surface area contributed by atoms with Crippen molar-refractivity contribution in [3.8, 4) is 0 Å². The molecule has 1 aromatic rings. The van der Waals surface area contributed by atoms with E-state index in [9.17, 15) is 14.0 Å². The minimum absolute atomic E-state index is 0.0636. The summed E-state index contributed by atoms with van der Waals surface area (Å²) in [6.07, 6.45) is 3.43. The quantitative estimate of drug-likeness (QED) is 0.858. The van der Waals surface area contributed by atoms with Crippen LogP contribution in [0.15, 0.2) is 24.3 Å². The molecule has 0 aromatic heterocycles. The first kappa shape index (κ1) is 16.5. The van der Waals surface area contributed by atoms with Crippen molar-refractivity contribution >= 4 is 11.8 Å². The topological polar surface area (TPSA) is 40.6 Å². The van der Waals surface area contributed by atoms with E-state index < -0.39 is 0 Å². The van der Waals surface area contributed by atoms with Gasteiger partial charge in [0, 0.05) is 20.0 Å². The number of halogens is 1. The van der Waals surface area contributed by atoms with Gasteiger partial charge in [-0.05, 0) is 37.5 Å². The van der Waals surface area contributed by atoms with E-state index in [0.29, 0.717) is 13.0 Å². The lowest BCUT2D eigenvalue weighted by Gasteiger charge is -2.28. The SMILES string of the molecule is CC(c1ccc(F)cc1)N(C)C(=O)CN1CCCCCC1=O. The van der Waals surface area contributed by atoms with E-state index in [2.05, 4.69) is 0 Å². The van der Waals surface area contributed by atoms with Crippen LogP contribution in [0, 0.1) is 5.82 Å². The molecule has 1 saturated heterocycles. The van der Waals surface area contributed by atoms with Crippen molar-refractivity contribution in [1.82, 2.24) is 9.80 Å². The second-order valence-corrected chi connectivity index (χ2v) is 5.86. The Kier molecular flexibility index (Phi) is 5.52. The van der Waals surface area contributed by atoms with E-state index in [4.69, 9.17) is 0 Å². The van der Waals surface area contributed by atoms with Gasteiger partial charge in [-0.25, -0.2) is 4.39 Å². The lowest BCUT2D eigenvalue weighted by molar-refractivity contribution is -0.140. The van der Waals surface area contributed by atoms with E-state index in [1.165, 1.54) is 12.1 Å². The van der Waals surface area contributed by atoms with Gasteiger partial charge < -0.3 is 9.80 Å². The molecule has 5 heteroatoms. The molecule has 22 heavy (non-hydrogen) atoms. The molecular formula is C17H23FN2O2. The van der Waals surface area contributed by atoms with Crippen LogP contribution >= 0.6 is 0 Å². The first-order chi connectivity index (χ1) is 10.5. The summed E-state index contributed by atoms with van der Waals surface area (Å²) >= 11 is 0. The first-order valence-corrected chi connectivity index (χ1v) is 7.78. The number of rotatable bonds is 4. The molecule has 120 valence electrons. The zero-order valence-electron chi connectivity index (χ0n) is 13.2. The van der Waals surface area contributed by atoms with Crippen LogP contribution in [0.25, 0.3) is 0 Å². The van der Waals surface area contributed by atoms with E-state index >= 15 is 0 Å². The Morgan fingerprint density at radius 3 is 2.64 bits per heavy atom. The Morgan fingerprint density at radius 1 is 1.27 bits per heavy atom. The van der Waals surface area contributed by atoms with Gasteiger partial charge >= 0.3 is 0 Å². The van der Waals surface area contributed by atoms with Crippen molar-refractivity contribution in [1.29, 1.82) is 0 Å². The van der Waals surface area contributed by atoms with Crippen molar-refractivity contribution in [3.05, 3.63) is 35.6 Å². The number of carbonyl (C=O) groups excluding carboxylic acids is 2. The second-order valence-electron chi connectivity index (χ2n) is 5.86. The molecule has 0 saturated carbocycles. The Balaban J connectivity index is 1.98. The maximum absolute atomic E-state index is 13.0. The summed E-state index contributed by atoms with van der Waals surface area (Å²) < 4.78 is 13.0. The Labute approximate surface area is 130 Å². The third-order valence-electron chi connectivity index (χ3n) is 4.32. The van der Waals surface area contributed by atoms with Gasteiger partial charge in [0.05, 0.1) is 12.6 Å². The highest BCUT2D eigenvalue weighted by Gasteiger charge is 2.23. The fourth-order valence-electron chi connectivity index (χ4n) is 2.66. The van der Waals surface area contributed by atoms with Crippen LogP contribution in [-0.4, -0.2) is 41.8 Å². The molecule has 1 fully saturated rings. The molecule has 1 atom stereocenters. The fraction of sp³-hybridized carbons (Fsp3) is 0.529. The summed E-state index contributed by atoms with van der Waals surface area (Å²) in [4.78, 5) is 27.6. The van der Waals surface area contributed by atoms with Crippen LogP contribution in [0.1, 0.15) is 44.2 Å². The zero-order valence-corrected chi connectivity index (χ0v) is 13.2. The average molecular weight is 306 g/mol. The van der Waals surface area contributed by atoms with Crippen LogP contribution in [0.4, 0.5) is 4.39 Å². The monoisotopic (exact) mass is 306 g/mol. The van der Waals surface area contributed by atoms with Crippen LogP contribution in [0.3, 0.4) is 0 Å². The first-order valence-electron chi connectivity index (χ1n) is 7.78. The van der Waals surface area contributed by atoms with Gasteiger partial charge in [-0.3, -0.25) is 9.59 Å². The highest BCUT2D eigenvalue weighted by atomic mass is 19.1. The number of carbonyl (C=O) groups is 2. The third kappa shape index (κ3) is 4.06. The molecule has 1 heterocycles. The molecule has 2 rings (SSSR count). The van der Waals surface area contributed by atoms with Gasteiger partial charge in [0.1, 0.15) is 5.82 Å². The molecule has 1 unspecified atom stereocenters. The molecule has 0 bridgehead atoms. The number of hydrogen-bond acceptors (Lipinski definition) is 2. The molecule has 0 N–H and O–H groups in total. The molecular weight excluding hydrogens is 283 g/mol. The standard InChI is InChI=1S/C17H23FN2O2/c1-13(14-7-9-15(18)10-8-14)19(2)17(22)12-20-11-5-3-4-6-16(20)21/h7-10,13H,3-6,11-12H2,1-2H3. The second kappa shape index (κ2) is 7.38. The van der Waals surface area contributed by atoms with Crippen molar-refractivity contribution in [2.45, 2.75) is 38.6 Å². The molecule has 0 radical (unpaired) electrons. The molecule has 0 aliphatic carbocycles. The Bertz CT molecular complexity index is 530. The number of hydrogen-bond donors (Lipinski definition) is 0. The molecule has 4 nitrogen and oxygen atoms in total. The normalized spacial score (nSPS) is 17.0. The number of nitrogens with zero attached hydrogens (tertiary/aromatic N) is 2. The summed E-state index contributed by atoms with van der Waals surface area (Å²) in [6.45, 7) is 2.68. The summed E-state index contributed by atoms with van der Waals surface area (Å²) in [6, 6.07) is 5.99. The maximum atomic E-state index is 13.0. The van der Waals surface area contributed by atoms with Gasteiger partial charge in [-0.1, -0.05) is 18.6 Å². The van der Waals surface area contributed by atoms with E-state index in [1.807, 2.05) is 6.92 Å². The van der Waals surface area contributed by atoms with E-state index in [0.717, 1.165) is 24.8 Å². The Morgan fingerprint density at radius 2 is 1.95 bits per heavy atom. The van der Waals surface area contributed by atoms with Crippen LogP contribution in [0.5, 0.6) is 0 Å². The molecule has 1 aliphatic heterocycles. The predicted molar refractivity (Wildman–Crippen MR) is 82.6 cm³/mol. The summed E-state index contributed by atoms with van der Waals surface area (Å²) in [5.74, 6) is -0.319. The number of amides is 2. The average Bonchev–Trinajstić information content (AvgIpc) is 2.71. The minimum atomic E-state index is -0.292. The lowest BCUT2D eigenvalue weighted by atomic mass is 10.1. The van der Waals surface area contributed by atoms with Crippen molar-refractivity contribution in [3.63, 3.8) is 0 Å². The third-order valence-corrected chi connectivity index (χ3v) is 4.32. The van der Waals surface area contributed by atoms with Crippen molar-refractivity contribution < 1.29 is 14.0 Å². The number of benzene rings is 1. The van der Waals surface area contributed by atoms with Gasteiger partial charge in [-0.2, -0.15) is 0 Å². The molecule has 0 spiro atoms. The predicted octanol–water partition coefficient (Wildman–Crippen LogP) is 2.75. The van der Waals surface area contributed by atoms with Gasteiger partial charge in [0.25, 0.3) is 0 Å². The largest absolute Gasteiger partial charge is 0.337 e. The molecule has 1 aliphatic rings.